The second-order valence-electron chi connectivity index (χ2n) is 1.87. The van der Waals surface area contributed by atoms with E-state index < -0.39 is 0 Å². The number of rotatable bonds is 1. The SMILES string of the molecule is C#Cc1ccc(OC)cc1.[Pd]. The number of hydrogen-bond donors (Lipinski definition) is 0. The van der Waals surface area contributed by atoms with E-state index in [9.17, 15) is 0 Å². The Bertz CT molecular complexity index is 245. The molecular weight excluding hydrogens is 231 g/mol. The van der Waals surface area contributed by atoms with Crippen LogP contribution < -0.4 is 4.74 Å². The molecule has 0 aliphatic carbocycles. The Labute approximate surface area is 80.4 Å². The number of methoxy groups -OCH3 is 1. The van der Waals surface area contributed by atoms with Gasteiger partial charge in [0.15, 0.2) is 0 Å². The van der Waals surface area contributed by atoms with Crippen LogP contribution in [0.4, 0.5) is 0 Å². The van der Waals surface area contributed by atoms with E-state index in [2.05, 4.69) is 5.92 Å². The first-order valence-corrected chi connectivity index (χ1v) is 2.97. The van der Waals surface area contributed by atoms with Gasteiger partial charge in [0.2, 0.25) is 0 Å². The average Bonchev–Trinajstić information content (AvgIpc) is 2.05. The Morgan fingerprint density at radius 1 is 1.27 bits per heavy atom. The van der Waals surface area contributed by atoms with E-state index in [0.717, 1.165) is 11.3 Å². The van der Waals surface area contributed by atoms with Gasteiger partial charge in [-0.2, -0.15) is 0 Å². The minimum absolute atomic E-state index is 0. The van der Waals surface area contributed by atoms with Gasteiger partial charge in [0, 0.05) is 26.0 Å². The fourth-order valence-electron chi connectivity index (χ4n) is 0.687. The third-order valence-corrected chi connectivity index (χ3v) is 1.26. The van der Waals surface area contributed by atoms with Crippen LogP contribution in [0.15, 0.2) is 24.3 Å². The molecule has 0 atom stereocenters. The minimum Gasteiger partial charge on any atom is -0.497 e. The van der Waals surface area contributed by atoms with Gasteiger partial charge in [0.25, 0.3) is 0 Å². The molecule has 0 aliphatic rings. The van der Waals surface area contributed by atoms with Gasteiger partial charge in [0.05, 0.1) is 7.11 Å². The fraction of sp³-hybridized carbons (Fsp3) is 0.111. The van der Waals surface area contributed by atoms with E-state index in [1.165, 1.54) is 0 Å². The molecule has 1 nitrogen and oxygen atoms in total. The molecular formula is C9H8OPd. The number of terminal acetylenes is 1. The summed E-state index contributed by atoms with van der Waals surface area (Å²) in [5.74, 6) is 3.36. The van der Waals surface area contributed by atoms with Crippen LogP contribution in [-0.2, 0) is 20.4 Å². The van der Waals surface area contributed by atoms with E-state index in [0.29, 0.717) is 0 Å². The summed E-state index contributed by atoms with van der Waals surface area (Å²) in [7, 11) is 1.63. The second-order valence-corrected chi connectivity index (χ2v) is 1.87. The van der Waals surface area contributed by atoms with Crippen molar-refractivity contribution in [1.82, 2.24) is 0 Å². The largest absolute Gasteiger partial charge is 0.497 e. The molecule has 1 aromatic rings. The molecule has 0 fully saturated rings. The first kappa shape index (κ1) is 10.2. The van der Waals surface area contributed by atoms with Crippen LogP contribution in [0, 0.1) is 12.3 Å². The van der Waals surface area contributed by atoms with Gasteiger partial charge in [-0.05, 0) is 24.3 Å². The summed E-state index contributed by atoms with van der Waals surface area (Å²) in [4.78, 5) is 0. The quantitative estimate of drug-likeness (QED) is 0.534. The van der Waals surface area contributed by atoms with Crippen molar-refractivity contribution in [1.29, 1.82) is 0 Å². The molecule has 0 heterocycles. The van der Waals surface area contributed by atoms with Crippen LogP contribution in [0.3, 0.4) is 0 Å². The van der Waals surface area contributed by atoms with Crippen molar-refractivity contribution >= 4 is 0 Å². The van der Waals surface area contributed by atoms with Gasteiger partial charge < -0.3 is 4.74 Å². The molecule has 0 radical (unpaired) electrons. The predicted octanol–water partition coefficient (Wildman–Crippen LogP) is 1.67. The molecule has 60 valence electrons. The monoisotopic (exact) mass is 238 g/mol. The number of hydrogen-bond acceptors (Lipinski definition) is 1. The van der Waals surface area contributed by atoms with Crippen molar-refractivity contribution < 1.29 is 25.2 Å². The van der Waals surface area contributed by atoms with Gasteiger partial charge in [-0.1, -0.05) is 5.92 Å². The Morgan fingerprint density at radius 2 is 1.82 bits per heavy atom. The van der Waals surface area contributed by atoms with Crippen LogP contribution in [0.5, 0.6) is 5.75 Å². The molecule has 0 aliphatic heterocycles. The zero-order chi connectivity index (χ0) is 7.40. The maximum atomic E-state index is 5.15. The van der Waals surface area contributed by atoms with Crippen LogP contribution in [0.1, 0.15) is 5.56 Å². The molecule has 0 N–H and O–H groups in total. The first-order valence-electron chi connectivity index (χ1n) is 2.97. The van der Waals surface area contributed by atoms with E-state index in [1.807, 2.05) is 24.3 Å². The van der Waals surface area contributed by atoms with Crippen LogP contribution in [-0.4, -0.2) is 7.11 Å². The smallest absolute Gasteiger partial charge is 0.118 e. The van der Waals surface area contributed by atoms with Crippen molar-refractivity contribution in [2.75, 3.05) is 7.11 Å². The van der Waals surface area contributed by atoms with Crippen LogP contribution in [0.25, 0.3) is 0 Å². The molecule has 11 heavy (non-hydrogen) atoms. The molecule has 0 aromatic heterocycles. The summed E-state index contributed by atoms with van der Waals surface area (Å²) < 4.78 is 4.95. The predicted molar refractivity (Wildman–Crippen MR) is 40.9 cm³/mol. The molecule has 0 saturated carbocycles. The maximum absolute atomic E-state index is 5.15. The summed E-state index contributed by atoms with van der Waals surface area (Å²) in [6.45, 7) is 0. The van der Waals surface area contributed by atoms with Gasteiger partial charge in [0.1, 0.15) is 5.75 Å². The van der Waals surface area contributed by atoms with Crippen molar-refractivity contribution in [3.8, 4) is 18.1 Å². The molecule has 0 unspecified atom stereocenters. The molecule has 1 aromatic carbocycles. The molecule has 0 bridgehead atoms. The van der Waals surface area contributed by atoms with Crippen molar-refractivity contribution in [3.05, 3.63) is 29.8 Å². The van der Waals surface area contributed by atoms with Crippen molar-refractivity contribution in [2.45, 2.75) is 0 Å². The number of ether oxygens (including phenoxy) is 1. The third-order valence-electron chi connectivity index (χ3n) is 1.26. The minimum atomic E-state index is 0. The zero-order valence-electron chi connectivity index (χ0n) is 6.11. The third kappa shape index (κ3) is 2.76. The van der Waals surface area contributed by atoms with E-state index >= 15 is 0 Å². The van der Waals surface area contributed by atoms with Crippen molar-refractivity contribution in [2.24, 2.45) is 0 Å². The first-order chi connectivity index (χ1) is 4.86. The Hall–Kier alpha value is -0.758. The molecule has 0 amide bonds. The fourth-order valence-corrected chi connectivity index (χ4v) is 0.687. The summed E-state index contributed by atoms with van der Waals surface area (Å²) in [5.41, 5.74) is 0.876. The van der Waals surface area contributed by atoms with Gasteiger partial charge in [-0.3, -0.25) is 0 Å². The van der Waals surface area contributed by atoms with Crippen molar-refractivity contribution in [3.63, 3.8) is 0 Å². The second kappa shape index (κ2) is 4.97. The average molecular weight is 239 g/mol. The summed E-state index contributed by atoms with van der Waals surface area (Å²) in [5, 5.41) is 0. The van der Waals surface area contributed by atoms with Gasteiger partial charge >= 0.3 is 0 Å². The van der Waals surface area contributed by atoms with Crippen LogP contribution >= 0.6 is 0 Å². The summed E-state index contributed by atoms with van der Waals surface area (Å²) >= 11 is 0. The topological polar surface area (TPSA) is 9.23 Å². The standard InChI is InChI=1S/C9H8O.Pd/c1-3-8-4-6-9(10-2)7-5-8;/h1,4-7H,2H3;. The zero-order valence-corrected chi connectivity index (χ0v) is 7.67. The van der Waals surface area contributed by atoms with E-state index in [-0.39, 0.29) is 20.4 Å². The molecule has 1 rings (SSSR count). The molecule has 2 heteroatoms. The van der Waals surface area contributed by atoms with Crippen LogP contribution in [0.2, 0.25) is 0 Å². The van der Waals surface area contributed by atoms with E-state index in [1.54, 1.807) is 7.11 Å². The molecule has 0 spiro atoms. The summed E-state index contributed by atoms with van der Waals surface area (Å²) in [6.07, 6.45) is 5.15. The van der Waals surface area contributed by atoms with Gasteiger partial charge in [-0.25, -0.2) is 0 Å². The number of benzene rings is 1. The Morgan fingerprint density at radius 3 is 2.18 bits per heavy atom. The Kier molecular flexibility index (Phi) is 4.63. The molecule has 0 saturated heterocycles. The summed E-state index contributed by atoms with van der Waals surface area (Å²) in [6, 6.07) is 7.38. The van der Waals surface area contributed by atoms with Gasteiger partial charge in [-0.15, -0.1) is 6.42 Å². The Balaban J connectivity index is 0.000001000. The van der Waals surface area contributed by atoms with E-state index in [4.69, 9.17) is 11.2 Å². The normalized spacial score (nSPS) is 7.64. The maximum Gasteiger partial charge on any atom is 0.118 e.